The molecule has 1 aromatic rings. The quantitative estimate of drug-likeness (QED) is 0.779. The van der Waals surface area contributed by atoms with Gasteiger partial charge in [0.2, 0.25) is 5.82 Å². The summed E-state index contributed by atoms with van der Waals surface area (Å²) in [5.74, 6) is 1.02. The van der Waals surface area contributed by atoms with Crippen LogP contribution in [0.3, 0.4) is 0 Å². The summed E-state index contributed by atoms with van der Waals surface area (Å²) in [6, 6.07) is 0. The van der Waals surface area contributed by atoms with Crippen LogP contribution in [0.15, 0.2) is 0 Å². The first-order chi connectivity index (χ1) is 8.92. The fourth-order valence-corrected chi connectivity index (χ4v) is 2.93. The Hall–Kier alpha value is -1.01. The van der Waals surface area contributed by atoms with Gasteiger partial charge < -0.3 is 9.64 Å². The van der Waals surface area contributed by atoms with Gasteiger partial charge >= 0.3 is 0 Å². The molecule has 0 radical (unpaired) electrons. The summed E-state index contributed by atoms with van der Waals surface area (Å²) < 4.78 is 7.59. The minimum atomic E-state index is 0.309. The Morgan fingerprint density at radius 1 is 1.22 bits per heavy atom. The van der Waals surface area contributed by atoms with E-state index in [9.17, 15) is 0 Å². The molecule has 6 nitrogen and oxygen atoms in total. The highest BCUT2D eigenvalue weighted by Gasteiger charge is 2.21. The predicted octanol–water partition coefficient (Wildman–Crippen LogP) is -0.579. The number of piperidine rings is 1. The average Bonchev–Trinajstić information content (AvgIpc) is 3.04. The van der Waals surface area contributed by atoms with Crippen LogP contribution in [-0.2, 0) is 17.8 Å². The number of nitrogens with zero attached hydrogens (tertiary/aromatic N) is 4. The molecule has 0 aliphatic carbocycles. The van der Waals surface area contributed by atoms with E-state index in [1.54, 1.807) is 4.90 Å². The summed E-state index contributed by atoms with van der Waals surface area (Å²) in [6.45, 7) is 5.18. The molecular weight excluding hydrogens is 230 g/mol. The first-order valence-electron chi connectivity index (χ1n) is 7.12. The Balaban J connectivity index is 1.59. The van der Waals surface area contributed by atoms with Crippen molar-refractivity contribution in [2.24, 2.45) is 0 Å². The Kier molecular flexibility index (Phi) is 3.85. The lowest BCUT2D eigenvalue weighted by Crippen LogP contribution is -3.11. The van der Waals surface area contributed by atoms with Gasteiger partial charge in [-0.3, -0.25) is 0 Å². The number of tetrazole rings is 1. The number of nitrogens with one attached hydrogen (secondary N) is 1. The van der Waals surface area contributed by atoms with Crippen LogP contribution in [0.1, 0.15) is 37.9 Å². The molecule has 0 bridgehead atoms. The summed E-state index contributed by atoms with van der Waals surface area (Å²) in [5, 5.41) is 12.1. The molecule has 6 heteroatoms. The minimum absolute atomic E-state index is 0.309. The molecule has 0 spiro atoms. The fourth-order valence-electron chi connectivity index (χ4n) is 2.93. The lowest BCUT2D eigenvalue weighted by Gasteiger charge is -2.23. The molecule has 1 aromatic heterocycles. The molecule has 0 aromatic carbocycles. The van der Waals surface area contributed by atoms with Crippen molar-refractivity contribution in [2.45, 2.75) is 51.3 Å². The maximum absolute atomic E-state index is 5.65. The van der Waals surface area contributed by atoms with E-state index in [0.717, 1.165) is 31.9 Å². The van der Waals surface area contributed by atoms with Crippen LogP contribution >= 0.6 is 0 Å². The predicted molar refractivity (Wildman–Crippen MR) is 65.0 cm³/mol. The van der Waals surface area contributed by atoms with E-state index in [1.165, 1.54) is 38.8 Å². The van der Waals surface area contributed by atoms with Crippen molar-refractivity contribution < 1.29 is 9.64 Å². The minimum Gasteiger partial charge on any atom is -0.376 e. The van der Waals surface area contributed by atoms with E-state index in [2.05, 4.69) is 15.5 Å². The van der Waals surface area contributed by atoms with Gasteiger partial charge in [-0.2, -0.15) is 0 Å². The van der Waals surface area contributed by atoms with Crippen molar-refractivity contribution in [3.8, 4) is 0 Å². The molecule has 3 heterocycles. The van der Waals surface area contributed by atoms with Gasteiger partial charge in [-0.25, -0.2) is 4.68 Å². The van der Waals surface area contributed by atoms with Crippen LogP contribution in [-0.4, -0.2) is 46.0 Å². The van der Waals surface area contributed by atoms with Crippen molar-refractivity contribution in [3.05, 3.63) is 5.82 Å². The number of rotatable bonds is 4. The molecular formula is C12H22N5O+. The van der Waals surface area contributed by atoms with Gasteiger partial charge in [-0.05, 0) is 42.5 Å². The van der Waals surface area contributed by atoms with Gasteiger partial charge in [0.1, 0.15) is 6.54 Å². The number of likely N-dealkylation sites (tertiary alicyclic amines) is 1. The zero-order valence-electron chi connectivity index (χ0n) is 10.8. The van der Waals surface area contributed by atoms with Gasteiger partial charge in [-0.15, -0.1) is 5.10 Å². The third-order valence-electron chi connectivity index (χ3n) is 3.98. The van der Waals surface area contributed by atoms with E-state index in [-0.39, 0.29) is 0 Å². The lowest BCUT2D eigenvalue weighted by molar-refractivity contribution is -0.919. The monoisotopic (exact) mass is 252 g/mol. The molecule has 2 aliphatic heterocycles. The average molecular weight is 252 g/mol. The Bertz CT molecular complexity index is 368. The topological polar surface area (TPSA) is 57.3 Å². The van der Waals surface area contributed by atoms with Crippen molar-refractivity contribution in [3.63, 3.8) is 0 Å². The highest BCUT2D eigenvalue weighted by atomic mass is 16.5. The van der Waals surface area contributed by atoms with Crippen LogP contribution in [0.5, 0.6) is 0 Å². The molecule has 2 aliphatic rings. The summed E-state index contributed by atoms with van der Waals surface area (Å²) in [6.07, 6.45) is 6.66. The fraction of sp³-hybridized carbons (Fsp3) is 0.917. The third kappa shape index (κ3) is 2.87. The van der Waals surface area contributed by atoms with E-state index < -0.39 is 0 Å². The van der Waals surface area contributed by atoms with Crippen LogP contribution in [0.4, 0.5) is 0 Å². The van der Waals surface area contributed by atoms with Crippen molar-refractivity contribution >= 4 is 0 Å². The summed E-state index contributed by atoms with van der Waals surface area (Å²) >= 11 is 0. The van der Waals surface area contributed by atoms with E-state index in [1.807, 2.05) is 4.68 Å². The molecule has 1 N–H and O–H groups in total. The number of quaternary nitrogens is 1. The largest absolute Gasteiger partial charge is 0.376 e. The second-order valence-corrected chi connectivity index (χ2v) is 5.40. The van der Waals surface area contributed by atoms with Gasteiger partial charge in [-0.1, -0.05) is 0 Å². The summed E-state index contributed by atoms with van der Waals surface area (Å²) in [5.41, 5.74) is 0. The van der Waals surface area contributed by atoms with Gasteiger partial charge in [0, 0.05) is 6.61 Å². The van der Waals surface area contributed by atoms with Gasteiger partial charge in [0.25, 0.3) is 0 Å². The van der Waals surface area contributed by atoms with E-state index in [0.29, 0.717) is 6.10 Å². The molecule has 1 atom stereocenters. The Morgan fingerprint density at radius 2 is 2.11 bits per heavy atom. The SMILES string of the molecule is C1CC[NH+](Cc2nnnn2C[C@@H]2CCCO2)CC1. The van der Waals surface area contributed by atoms with Crippen molar-refractivity contribution in [1.82, 2.24) is 20.2 Å². The maximum Gasteiger partial charge on any atom is 0.206 e. The zero-order chi connectivity index (χ0) is 12.2. The molecule has 2 saturated heterocycles. The Morgan fingerprint density at radius 3 is 2.89 bits per heavy atom. The van der Waals surface area contributed by atoms with Crippen molar-refractivity contribution in [1.29, 1.82) is 0 Å². The normalized spacial score (nSPS) is 25.7. The molecule has 0 saturated carbocycles. The molecule has 2 fully saturated rings. The van der Waals surface area contributed by atoms with E-state index in [4.69, 9.17) is 4.74 Å². The van der Waals surface area contributed by atoms with Crippen LogP contribution in [0, 0.1) is 0 Å². The second kappa shape index (κ2) is 5.75. The smallest absolute Gasteiger partial charge is 0.206 e. The number of hydrogen-bond acceptors (Lipinski definition) is 4. The highest BCUT2D eigenvalue weighted by Crippen LogP contribution is 2.13. The third-order valence-corrected chi connectivity index (χ3v) is 3.98. The summed E-state index contributed by atoms with van der Waals surface area (Å²) in [4.78, 5) is 1.62. The zero-order valence-corrected chi connectivity index (χ0v) is 10.8. The standard InChI is InChI=1S/C12H21N5O/c1-2-6-16(7-3-1)10-12-13-14-15-17(12)9-11-5-4-8-18-11/h11H,1-10H2/p+1/t11-/m0/s1. The van der Waals surface area contributed by atoms with Crippen LogP contribution in [0.2, 0.25) is 0 Å². The molecule has 100 valence electrons. The molecule has 3 rings (SSSR count). The molecule has 0 unspecified atom stereocenters. The molecule has 18 heavy (non-hydrogen) atoms. The molecule has 0 amide bonds. The van der Waals surface area contributed by atoms with Gasteiger partial charge in [0.05, 0.1) is 25.7 Å². The van der Waals surface area contributed by atoms with Gasteiger partial charge in [0.15, 0.2) is 0 Å². The first kappa shape index (κ1) is 12.0. The lowest BCUT2D eigenvalue weighted by atomic mass is 10.1. The number of aromatic nitrogens is 4. The number of ether oxygens (including phenoxy) is 1. The van der Waals surface area contributed by atoms with Crippen molar-refractivity contribution in [2.75, 3.05) is 19.7 Å². The second-order valence-electron chi connectivity index (χ2n) is 5.40. The Labute approximate surface area is 107 Å². The number of hydrogen-bond donors (Lipinski definition) is 1. The van der Waals surface area contributed by atoms with Crippen LogP contribution < -0.4 is 4.90 Å². The van der Waals surface area contributed by atoms with Crippen LogP contribution in [0.25, 0.3) is 0 Å². The first-order valence-corrected chi connectivity index (χ1v) is 7.12. The maximum atomic E-state index is 5.65. The highest BCUT2D eigenvalue weighted by molar-refractivity contribution is 4.79. The summed E-state index contributed by atoms with van der Waals surface area (Å²) in [7, 11) is 0. The van der Waals surface area contributed by atoms with E-state index >= 15 is 0 Å².